The van der Waals surface area contributed by atoms with Crippen molar-refractivity contribution < 1.29 is 14.3 Å². The van der Waals surface area contributed by atoms with Crippen LogP contribution < -0.4 is 0 Å². The smallest absolute Gasteiger partial charge is 0.254 e. The zero-order valence-electron chi connectivity index (χ0n) is 10.9. The zero-order chi connectivity index (χ0) is 14.3. The van der Waals surface area contributed by atoms with E-state index in [1.807, 2.05) is 6.26 Å². The molecule has 0 aliphatic heterocycles. The van der Waals surface area contributed by atoms with Gasteiger partial charge < -0.3 is 10.0 Å². The van der Waals surface area contributed by atoms with Crippen LogP contribution in [0.4, 0.5) is 4.39 Å². The van der Waals surface area contributed by atoms with Crippen LogP contribution in [0.1, 0.15) is 15.9 Å². The van der Waals surface area contributed by atoms with Crippen molar-refractivity contribution in [1.29, 1.82) is 0 Å². The predicted molar refractivity (Wildman–Crippen MR) is 75.7 cm³/mol. The second-order valence-corrected chi connectivity index (χ2v) is 4.85. The fourth-order valence-electron chi connectivity index (χ4n) is 1.48. The lowest BCUT2D eigenvalue weighted by molar-refractivity contribution is 0.0803. The topological polar surface area (TPSA) is 40.5 Å². The summed E-state index contributed by atoms with van der Waals surface area (Å²) in [5.74, 6) is 5.22. The lowest BCUT2D eigenvalue weighted by Gasteiger charge is -2.17. The summed E-state index contributed by atoms with van der Waals surface area (Å²) in [6, 6.07) is 3.87. The van der Waals surface area contributed by atoms with Gasteiger partial charge in [0.1, 0.15) is 12.4 Å². The maximum absolute atomic E-state index is 13.2. The van der Waals surface area contributed by atoms with Crippen LogP contribution in [0, 0.1) is 17.7 Å². The van der Waals surface area contributed by atoms with Crippen LogP contribution in [-0.2, 0) is 0 Å². The van der Waals surface area contributed by atoms with Crippen LogP contribution in [0.3, 0.4) is 0 Å². The third kappa shape index (κ3) is 4.58. The third-order valence-electron chi connectivity index (χ3n) is 2.49. The van der Waals surface area contributed by atoms with Crippen LogP contribution >= 0.6 is 11.8 Å². The van der Waals surface area contributed by atoms with Crippen molar-refractivity contribution in [2.24, 2.45) is 0 Å². The highest BCUT2D eigenvalue weighted by molar-refractivity contribution is 7.98. The molecule has 1 N–H and O–H groups in total. The second kappa shape index (κ2) is 7.82. The molecule has 1 rings (SSSR count). The summed E-state index contributed by atoms with van der Waals surface area (Å²) >= 11 is 1.65. The fraction of sp³-hybridized carbons (Fsp3) is 0.357. The van der Waals surface area contributed by atoms with Gasteiger partial charge in [0.2, 0.25) is 0 Å². The predicted octanol–water partition coefficient (Wildman–Crippen LogP) is 1.60. The van der Waals surface area contributed by atoms with E-state index in [-0.39, 0.29) is 12.5 Å². The second-order valence-electron chi connectivity index (χ2n) is 3.87. The molecule has 1 aromatic carbocycles. The van der Waals surface area contributed by atoms with E-state index in [1.165, 1.54) is 18.2 Å². The van der Waals surface area contributed by atoms with E-state index < -0.39 is 5.82 Å². The minimum absolute atomic E-state index is 0.198. The number of carbonyl (C=O) groups excluding carboxylic acids is 1. The van der Waals surface area contributed by atoms with Crippen LogP contribution in [0.15, 0.2) is 18.2 Å². The summed E-state index contributed by atoms with van der Waals surface area (Å²) in [5.41, 5.74) is 0.654. The van der Waals surface area contributed by atoms with Gasteiger partial charge in [-0.05, 0) is 24.5 Å². The van der Waals surface area contributed by atoms with Crippen molar-refractivity contribution in [1.82, 2.24) is 4.90 Å². The Bertz CT molecular complexity index is 508. The molecular weight excluding hydrogens is 265 g/mol. The standard InChI is InChI=1S/C14H16FNO2S/c1-16(7-9-19-2)14(18)13-6-5-12(15)10-11(13)4-3-8-17/h5-6,10,17H,7-9H2,1-2H3. The van der Waals surface area contributed by atoms with Crippen molar-refractivity contribution in [2.75, 3.05) is 32.2 Å². The summed E-state index contributed by atoms with van der Waals surface area (Å²) in [5, 5.41) is 8.69. The van der Waals surface area contributed by atoms with Gasteiger partial charge in [-0.15, -0.1) is 0 Å². The van der Waals surface area contributed by atoms with Crippen LogP contribution in [-0.4, -0.2) is 48.1 Å². The van der Waals surface area contributed by atoms with Crippen LogP contribution in [0.2, 0.25) is 0 Å². The summed E-state index contributed by atoms with van der Waals surface area (Å²) < 4.78 is 13.2. The first-order valence-electron chi connectivity index (χ1n) is 5.73. The molecule has 0 spiro atoms. The molecule has 19 heavy (non-hydrogen) atoms. The SMILES string of the molecule is CSCCN(C)C(=O)c1ccc(F)cc1C#CCO. The molecule has 3 nitrogen and oxygen atoms in total. The Balaban J connectivity index is 3.01. The molecule has 0 aliphatic rings. The normalized spacial score (nSPS) is 9.68. The Morgan fingerprint density at radius 3 is 2.89 bits per heavy atom. The first-order chi connectivity index (χ1) is 9.10. The molecule has 5 heteroatoms. The van der Waals surface area contributed by atoms with Crippen molar-refractivity contribution in [3.05, 3.63) is 35.1 Å². The number of halogens is 1. The molecular formula is C14H16FNO2S. The highest BCUT2D eigenvalue weighted by atomic mass is 32.2. The summed E-state index contributed by atoms with van der Waals surface area (Å²) in [4.78, 5) is 13.8. The Kier molecular flexibility index (Phi) is 6.40. The van der Waals surface area contributed by atoms with Crippen LogP contribution in [0.25, 0.3) is 0 Å². The molecule has 0 fully saturated rings. The Hall–Kier alpha value is -1.51. The van der Waals surface area contributed by atoms with Gasteiger partial charge in [0.15, 0.2) is 0 Å². The van der Waals surface area contributed by atoms with Gasteiger partial charge >= 0.3 is 0 Å². The van der Waals surface area contributed by atoms with Gasteiger partial charge in [0.25, 0.3) is 5.91 Å². The number of aliphatic hydroxyl groups is 1. The maximum Gasteiger partial charge on any atom is 0.254 e. The average Bonchev–Trinajstić information content (AvgIpc) is 2.41. The van der Waals surface area contributed by atoms with Crippen molar-refractivity contribution in [2.45, 2.75) is 0 Å². The van der Waals surface area contributed by atoms with E-state index in [4.69, 9.17) is 5.11 Å². The number of amides is 1. The van der Waals surface area contributed by atoms with E-state index in [2.05, 4.69) is 11.8 Å². The Morgan fingerprint density at radius 2 is 2.26 bits per heavy atom. The monoisotopic (exact) mass is 281 g/mol. The number of aliphatic hydroxyl groups excluding tert-OH is 1. The van der Waals surface area contributed by atoms with E-state index >= 15 is 0 Å². The van der Waals surface area contributed by atoms with E-state index in [0.717, 1.165) is 5.75 Å². The van der Waals surface area contributed by atoms with Gasteiger partial charge in [-0.2, -0.15) is 11.8 Å². The highest BCUT2D eigenvalue weighted by Crippen LogP contribution is 2.13. The van der Waals surface area contributed by atoms with Gasteiger partial charge in [0, 0.05) is 24.9 Å². The Morgan fingerprint density at radius 1 is 1.53 bits per heavy atom. The quantitative estimate of drug-likeness (QED) is 0.852. The molecule has 0 unspecified atom stereocenters. The largest absolute Gasteiger partial charge is 0.384 e. The molecule has 1 amide bonds. The molecule has 0 atom stereocenters. The van der Waals surface area contributed by atoms with Crippen molar-refractivity contribution >= 4 is 17.7 Å². The fourth-order valence-corrected chi connectivity index (χ4v) is 1.93. The van der Waals surface area contributed by atoms with E-state index in [0.29, 0.717) is 17.7 Å². The number of rotatable bonds is 4. The number of thioether (sulfide) groups is 1. The first-order valence-corrected chi connectivity index (χ1v) is 7.13. The van der Waals surface area contributed by atoms with Crippen molar-refractivity contribution in [3.8, 4) is 11.8 Å². The highest BCUT2D eigenvalue weighted by Gasteiger charge is 2.15. The third-order valence-corrected chi connectivity index (χ3v) is 3.08. The van der Waals surface area contributed by atoms with E-state index in [9.17, 15) is 9.18 Å². The molecule has 0 aliphatic carbocycles. The molecule has 0 bridgehead atoms. The molecule has 0 radical (unpaired) electrons. The molecule has 0 saturated heterocycles. The summed E-state index contributed by atoms with van der Waals surface area (Å²) in [6.07, 6.45) is 1.97. The average molecular weight is 281 g/mol. The molecule has 0 aromatic heterocycles. The number of hydrogen-bond donors (Lipinski definition) is 1. The van der Waals surface area contributed by atoms with Crippen molar-refractivity contribution in [3.63, 3.8) is 0 Å². The van der Waals surface area contributed by atoms with Gasteiger partial charge in [0.05, 0.1) is 5.56 Å². The number of carbonyl (C=O) groups is 1. The van der Waals surface area contributed by atoms with E-state index in [1.54, 1.807) is 23.7 Å². The minimum Gasteiger partial charge on any atom is -0.384 e. The summed E-state index contributed by atoms with van der Waals surface area (Å²) in [7, 11) is 1.70. The summed E-state index contributed by atoms with van der Waals surface area (Å²) in [6.45, 7) is 0.288. The van der Waals surface area contributed by atoms with Gasteiger partial charge in [-0.25, -0.2) is 4.39 Å². The number of benzene rings is 1. The minimum atomic E-state index is -0.453. The van der Waals surface area contributed by atoms with Gasteiger partial charge in [-0.3, -0.25) is 4.79 Å². The molecule has 0 saturated carbocycles. The molecule has 102 valence electrons. The number of hydrogen-bond acceptors (Lipinski definition) is 3. The zero-order valence-corrected chi connectivity index (χ0v) is 11.8. The van der Waals surface area contributed by atoms with Gasteiger partial charge in [-0.1, -0.05) is 11.8 Å². The molecule has 1 aromatic rings. The van der Waals surface area contributed by atoms with Crippen LogP contribution in [0.5, 0.6) is 0 Å². The maximum atomic E-state index is 13.2. The number of nitrogens with zero attached hydrogens (tertiary/aromatic N) is 1. The lowest BCUT2D eigenvalue weighted by atomic mass is 10.1. The lowest BCUT2D eigenvalue weighted by Crippen LogP contribution is -2.29. The first kappa shape index (κ1) is 15.5. The molecule has 0 heterocycles. The Labute approximate surface area is 116 Å².